The monoisotopic (exact) mass is 320 g/mol. The Bertz CT molecular complexity index is 519. The summed E-state index contributed by atoms with van der Waals surface area (Å²) in [5.41, 5.74) is 2.91. The summed E-state index contributed by atoms with van der Waals surface area (Å²) in [6.07, 6.45) is 12.1. The van der Waals surface area contributed by atoms with Crippen LogP contribution in [0.1, 0.15) is 40.5 Å². The van der Waals surface area contributed by atoms with Gasteiger partial charge >= 0.3 is 5.97 Å². The van der Waals surface area contributed by atoms with Crippen LogP contribution in [0.25, 0.3) is 0 Å². The SMILES string of the molecule is CC(=CC=CC(C)=CC[C@@H](O)C[C@@H](C)O)C=C(C)C=CC(=O)O. The van der Waals surface area contributed by atoms with Crippen molar-refractivity contribution in [3.8, 4) is 0 Å². The van der Waals surface area contributed by atoms with Gasteiger partial charge in [-0.05, 0) is 40.5 Å². The first-order valence-corrected chi connectivity index (χ1v) is 7.68. The Hall–Kier alpha value is -1.91. The second kappa shape index (κ2) is 11.6. The van der Waals surface area contributed by atoms with Crippen LogP contribution in [-0.4, -0.2) is 33.5 Å². The van der Waals surface area contributed by atoms with Crippen LogP contribution in [0.15, 0.2) is 59.3 Å². The van der Waals surface area contributed by atoms with Crippen LogP contribution >= 0.6 is 0 Å². The van der Waals surface area contributed by atoms with Gasteiger partial charge in [-0.1, -0.05) is 53.2 Å². The molecule has 0 aliphatic carbocycles. The van der Waals surface area contributed by atoms with E-state index in [4.69, 9.17) is 5.11 Å². The van der Waals surface area contributed by atoms with Crippen LogP contribution in [0.3, 0.4) is 0 Å². The summed E-state index contributed by atoms with van der Waals surface area (Å²) in [7, 11) is 0. The van der Waals surface area contributed by atoms with Crippen molar-refractivity contribution in [2.24, 2.45) is 0 Å². The van der Waals surface area contributed by atoms with Crippen molar-refractivity contribution >= 4 is 5.97 Å². The second-order valence-electron chi connectivity index (χ2n) is 5.75. The molecule has 23 heavy (non-hydrogen) atoms. The lowest BCUT2D eigenvalue weighted by molar-refractivity contribution is -0.131. The molecule has 0 aliphatic rings. The number of rotatable bonds is 9. The van der Waals surface area contributed by atoms with Crippen molar-refractivity contribution in [3.63, 3.8) is 0 Å². The third-order valence-corrected chi connectivity index (χ3v) is 2.99. The van der Waals surface area contributed by atoms with Gasteiger partial charge in [-0.15, -0.1) is 0 Å². The largest absolute Gasteiger partial charge is 0.478 e. The number of aliphatic carboxylic acids is 1. The third kappa shape index (κ3) is 13.5. The average Bonchev–Trinajstić information content (AvgIpc) is 2.42. The van der Waals surface area contributed by atoms with Gasteiger partial charge in [-0.2, -0.15) is 0 Å². The number of allylic oxidation sites excluding steroid dienone is 8. The number of aliphatic hydroxyl groups excluding tert-OH is 2. The van der Waals surface area contributed by atoms with Crippen molar-refractivity contribution in [2.75, 3.05) is 0 Å². The van der Waals surface area contributed by atoms with E-state index in [0.29, 0.717) is 12.8 Å². The van der Waals surface area contributed by atoms with E-state index in [9.17, 15) is 15.0 Å². The third-order valence-electron chi connectivity index (χ3n) is 2.99. The maximum absolute atomic E-state index is 10.4. The number of hydrogen-bond donors (Lipinski definition) is 3. The standard InChI is InChI=1S/C19H28O4/c1-14(8-10-18(21)13-17(4)20)6-5-7-15(2)12-16(3)9-11-19(22)23/h5-9,11-12,17-18,20-21H,10,13H2,1-4H3,(H,22,23)/t17-,18-/m1/s1. The molecule has 2 atom stereocenters. The molecular weight excluding hydrogens is 292 g/mol. The van der Waals surface area contributed by atoms with E-state index < -0.39 is 18.2 Å². The molecule has 0 saturated heterocycles. The molecule has 0 heterocycles. The fourth-order valence-electron chi connectivity index (χ4n) is 1.89. The molecule has 0 bridgehead atoms. The molecule has 4 heteroatoms. The smallest absolute Gasteiger partial charge is 0.328 e. The van der Waals surface area contributed by atoms with Gasteiger partial charge in [0.2, 0.25) is 0 Å². The highest BCUT2D eigenvalue weighted by molar-refractivity contribution is 5.80. The number of carbonyl (C=O) groups is 1. The Labute approximate surface area is 138 Å². The van der Waals surface area contributed by atoms with E-state index in [2.05, 4.69) is 0 Å². The molecule has 0 rings (SSSR count). The first-order valence-electron chi connectivity index (χ1n) is 7.68. The molecule has 0 aromatic rings. The van der Waals surface area contributed by atoms with E-state index in [1.165, 1.54) is 0 Å². The summed E-state index contributed by atoms with van der Waals surface area (Å²) in [6.45, 7) is 7.39. The number of carboxylic acids is 1. The van der Waals surface area contributed by atoms with E-state index in [0.717, 1.165) is 22.8 Å². The van der Waals surface area contributed by atoms with Gasteiger partial charge in [0.25, 0.3) is 0 Å². The lowest BCUT2D eigenvalue weighted by Gasteiger charge is -2.09. The second-order valence-corrected chi connectivity index (χ2v) is 5.75. The van der Waals surface area contributed by atoms with Crippen LogP contribution in [0.5, 0.6) is 0 Å². The highest BCUT2D eigenvalue weighted by atomic mass is 16.4. The van der Waals surface area contributed by atoms with E-state index in [1.807, 2.05) is 51.2 Å². The zero-order chi connectivity index (χ0) is 17.8. The number of hydrogen-bond acceptors (Lipinski definition) is 3. The Balaban J connectivity index is 4.53. The van der Waals surface area contributed by atoms with Crippen LogP contribution in [-0.2, 0) is 4.79 Å². The zero-order valence-electron chi connectivity index (χ0n) is 14.4. The molecule has 0 amide bonds. The van der Waals surface area contributed by atoms with Gasteiger partial charge in [-0.3, -0.25) is 0 Å². The zero-order valence-corrected chi connectivity index (χ0v) is 14.4. The van der Waals surface area contributed by atoms with Crippen molar-refractivity contribution in [1.29, 1.82) is 0 Å². The predicted octanol–water partition coefficient (Wildman–Crippen LogP) is 3.54. The Morgan fingerprint density at radius 3 is 2.22 bits per heavy atom. The van der Waals surface area contributed by atoms with Crippen molar-refractivity contribution < 1.29 is 20.1 Å². The van der Waals surface area contributed by atoms with Crippen LogP contribution < -0.4 is 0 Å². The topological polar surface area (TPSA) is 77.8 Å². The van der Waals surface area contributed by atoms with Gasteiger partial charge in [-0.25, -0.2) is 4.79 Å². The van der Waals surface area contributed by atoms with E-state index in [-0.39, 0.29) is 0 Å². The summed E-state index contributed by atoms with van der Waals surface area (Å²) < 4.78 is 0. The molecule has 0 saturated carbocycles. The number of aliphatic hydroxyl groups is 2. The van der Waals surface area contributed by atoms with E-state index in [1.54, 1.807) is 13.0 Å². The molecule has 0 fully saturated rings. The van der Waals surface area contributed by atoms with Crippen LogP contribution in [0.2, 0.25) is 0 Å². The summed E-state index contributed by atoms with van der Waals surface area (Å²) >= 11 is 0. The summed E-state index contributed by atoms with van der Waals surface area (Å²) in [6, 6.07) is 0. The lowest BCUT2D eigenvalue weighted by atomic mass is 10.1. The number of carboxylic acid groups (broad SMARTS) is 1. The molecule has 0 unspecified atom stereocenters. The minimum absolute atomic E-state index is 0.375. The molecule has 0 radical (unpaired) electrons. The van der Waals surface area contributed by atoms with Crippen LogP contribution in [0.4, 0.5) is 0 Å². The first kappa shape index (κ1) is 21.1. The summed E-state index contributed by atoms with van der Waals surface area (Å²) in [5.74, 6) is -0.960. The maximum Gasteiger partial charge on any atom is 0.328 e. The maximum atomic E-state index is 10.4. The molecule has 3 N–H and O–H groups in total. The minimum Gasteiger partial charge on any atom is -0.478 e. The summed E-state index contributed by atoms with van der Waals surface area (Å²) in [5, 5.41) is 27.4. The highest BCUT2D eigenvalue weighted by Gasteiger charge is 2.05. The minimum atomic E-state index is -0.960. The molecule has 0 aromatic heterocycles. The quantitative estimate of drug-likeness (QED) is 0.448. The van der Waals surface area contributed by atoms with Gasteiger partial charge in [0, 0.05) is 6.08 Å². The van der Waals surface area contributed by atoms with Crippen molar-refractivity contribution in [2.45, 2.75) is 52.7 Å². The van der Waals surface area contributed by atoms with Gasteiger partial charge in [0.05, 0.1) is 12.2 Å². The molecule has 4 nitrogen and oxygen atoms in total. The van der Waals surface area contributed by atoms with E-state index >= 15 is 0 Å². The van der Waals surface area contributed by atoms with Gasteiger partial charge in [0.1, 0.15) is 0 Å². The molecule has 0 aliphatic heterocycles. The fraction of sp³-hybridized carbons (Fsp3) is 0.421. The Kier molecular flexibility index (Phi) is 10.7. The lowest BCUT2D eigenvalue weighted by Crippen LogP contribution is -2.13. The van der Waals surface area contributed by atoms with Crippen LogP contribution in [0, 0.1) is 0 Å². The first-order chi connectivity index (χ1) is 10.7. The summed E-state index contributed by atoms with van der Waals surface area (Å²) in [4.78, 5) is 10.4. The molecule has 0 spiro atoms. The normalized spacial score (nSPS) is 17.0. The van der Waals surface area contributed by atoms with Gasteiger partial charge < -0.3 is 15.3 Å². The molecule has 0 aromatic carbocycles. The predicted molar refractivity (Wildman–Crippen MR) is 94.1 cm³/mol. The Morgan fingerprint density at radius 2 is 1.65 bits per heavy atom. The Morgan fingerprint density at radius 1 is 1.00 bits per heavy atom. The molecular formula is C19H28O4. The van der Waals surface area contributed by atoms with Crippen molar-refractivity contribution in [1.82, 2.24) is 0 Å². The van der Waals surface area contributed by atoms with Gasteiger partial charge in [0.15, 0.2) is 0 Å². The van der Waals surface area contributed by atoms with Crippen molar-refractivity contribution in [3.05, 3.63) is 59.3 Å². The molecule has 128 valence electrons. The highest BCUT2D eigenvalue weighted by Crippen LogP contribution is 2.07. The average molecular weight is 320 g/mol. The fourth-order valence-corrected chi connectivity index (χ4v) is 1.89.